The van der Waals surface area contributed by atoms with Crippen molar-refractivity contribution in [3.05, 3.63) is 69.1 Å². The molecule has 0 aromatic heterocycles. The number of nitrogens with zero attached hydrogens (tertiary/aromatic N) is 2. The van der Waals surface area contributed by atoms with E-state index in [9.17, 15) is 23.3 Å². The summed E-state index contributed by atoms with van der Waals surface area (Å²) in [5, 5.41) is 10.9. The number of carbonyl (C=O) groups is 1. The lowest BCUT2D eigenvalue weighted by molar-refractivity contribution is -0.385. The molecule has 1 aliphatic rings. The quantitative estimate of drug-likeness (QED) is 0.345. The normalized spacial score (nSPS) is 15.6. The number of hydrogen-bond acceptors (Lipinski definition) is 8. The first kappa shape index (κ1) is 18.6. The van der Waals surface area contributed by atoms with Crippen LogP contribution in [0.25, 0.3) is 6.08 Å². The van der Waals surface area contributed by atoms with Crippen LogP contribution in [0.15, 0.2) is 63.3 Å². The van der Waals surface area contributed by atoms with Crippen LogP contribution in [0.5, 0.6) is 5.75 Å². The third kappa shape index (κ3) is 4.15. The zero-order valence-corrected chi connectivity index (χ0v) is 15.1. The molecule has 2 aromatic carbocycles. The van der Waals surface area contributed by atoms with Gasteiger partial charge in [0.1, 0.15) is 10.6 Å². The molecule has 1 heterocycles. The summed E-state index contributed by atoms with van der Waals surface area (Å²) >= 11 is 0.956. The van der Waals surface area contributed by atoms with E-state index >= 15 is 0 Å². The lowest BCUT2D eigenvalue weighted by Gasteiger charge is -2.09. The van der Waals surface area contributed by atoms with Gasteiger partial charge in [-0.25, -0.2) is 0 Å². The molecule has 0 aliphatic carbocycles. The molecule has 27 heavy (non-hydrogen) atoms. The molecule has 0 unspecified atom stereocenters. The van der Waals surface area contributed by atoms with Crippen LogP contribution in [0.1, 0.15) is 5.56 Å². The number of benzene rings is 2. The minimum absolute atomic E-state index is 0.0459. The van der Waals surface area contributed by atoms with Crippen LogP contribution < -0.4 is 9.92 Å². The second-order valence-corrected chi connectivity index (χ2v) is 7.80. The summed E-state index contributed by atoms with van der Waals surface area (Å²) < 4.78 is 30.1. The van der Waals surface area contributed by atoms with E-state index in [2.05, 4.69) is 4.99 Å². The van der Waals surface area contributed by atoms with Crippen molar-refractivity contribution in [2.24, 2.45) is 10.7 Å². The fraction of sp³-hybridized carbons (Fsp3) is 0. The van der Waals surface area contributed by atoms with E-state index < -0.39 is 20.9 Å². The number of nitro groups is 1. The fourth-order valence-corrected chi connectivity index (χ4v) is 3.83. The van der Waals surface area contributed by atoms with E-state index in [1.807, 2.05) is 0 Å². The Morgan fingerprint density at radius 2 is 1.93 bits per heavy atom. The summed E-state index contributed by atoms with van der Waals surface area (Å²) in [7, 11) is -4.33. The lowest BCUT2D eigenvalue weighted by Crippen LogP contribution is -2.10. The van der Waals surface area contributed by atoms with Crippen LogP contribution in [0, 0.1) is 10.1 Å². The van der Waals surface area contributed by atoms with E-state index in [-0.39, 0.29) is 26.4 Å². The molecule has 3 rings (SSSR count). The first-order valence-corrected chi connectivity index (χ1v) is 9.55. The molecular formula is C16H11N3O6S2. The predicted molar refractivity (Wildman–Crippen MR) is 99.5 cm³/mol. The van der Waals surface area contributed by atoms with E-state index in [1.54, 1.807) is 18.2 Å². The molecule has 2 N–H and O–H groups in total. The average molecular weight is 405 g/mol. The minimum Gasteiger partial charge on any atom is -0.378 e. The number of thioether (sulfide) groups is 1. The number of nitrogens with two attached hydrogens (primary N) is 1. The number of aliphatic imine (C=N–C) groups is 1. The van der Waals surface area contributed by atoms with Gasteiger partial charge in [-0.15, -0.1) is 0 Å². The molecule has 0 bridgehead atoms. The first-order valence-electron chi connectivity index (χ1n) is 7.32. The van der Waals surface area contributed by atoms with Crippen LogP contribution in [0.4, 0.5) is 5.69 Å². The van der Waals surface area contributed by atoms with E-state index in [0.717, 1.165) is 17.8 Å². The Balaban J connectivity index is 1.95. The molecule has 11 heteroatoms. The monoisotopic (exact) mass is 405 g/mol. The van der Waals surface area contributed by atoms with Crippen molar-refractivity contribution in [2.45, 2.75) is 4.90 Å². The summed E-state index contributed by atoms with van der Waals surface area (Å²) in [4.78, 5) is 25.3. The van der Waals surface area contributed by atoms with Crippen LogP contribution in [-0.4, -0.2) is 24.4 Å². The predicted octanol–water partition coefficient (Wildman–Crippen LogP) is 2.29. The smallest absolute Gasteiger partial charge is 0.339 e. The molecule has 0 fully saturated rings. The molecule has 9 nitrogen and oxygen atoms in total. The number of nitro benzene ring substituents is 1. The largest absolute Gasteiger partial charge is 0.378 e. The zero-order valence-electron chi connectivity index (χ0n) is 13.4. The van der Waals surface area contributed by atoms with Gasteiger partial charge in [0.2, 0.25) is 0 Å². The topological polar surface area (TPSA) is 142 Å². The van der Waals surface area contributed by atoms with Gasteiger partial charge in [-0.2, -0.15) is 13.4 Å². The zero-order chi connectivity index (χ0) is 19.6. The minimum atomic E-state index is -4.33. The molecule has 0 saturated heterocycles. The van der Waals surface area contributed by atoms with Crippen LogP contribution >= 0.6 is 11.8 Å². The van der Waals surface area contributed by atoms with Crippen molar-refractivity contribution < 1.29 is 22.3 Å². The Morgan fingerprint density at radius 1 is 1.19 bits per heavy atom. The van der Waals surface area contributed by atoms with Crippen LogP contribution in [0.2, 0.25) is 0 Å². The van der Waals surface area contributed by atoms with Gasteiger partial charge in [0.05, 0.1) is 9.83 Å². The fourth-order valence-electron chi connectivity index (χ4n) is 2.16. The van der Waals surface area contributed by atoms with E-state index in [1.165, 1.54) is 30.3 Å². The number of hydrogen-bond donors (Lipinski definition) is 1. The highest BCUT2D eigenvalue weighted by Crippen LogP contribution is 2.31. The molecule has 0 radical (unpaired) electrons. The molecule has 1 amide bonds. The van der Waals surface area contributed by atoms with E-state index in [4.69, 9.17) is 9.92 Å². The maximum atomic E-state index is 12.5. The van der Waals surface area contributed by atoms with Crippen molar-refractivity contribution in [2.75, 3.05) is 0 Å². The third-order valence-electron chi connectivity index (χ3n) is 3.36. The maximum Gasteiger partial charge on any atom is 0.339 e. The van der Waals surface area contributed by atoms with Crippen molar-refractivity contribution >= 4 is 44.7 Å². The SMILES string of the molecule is NC1=NC(=O)/C(=C/c2ccccc2OS(=O)(=O)c2cccc([N+](=O)[O-])c2)S1. The molecule has 0 saturated carbocycles. The number of carbonyl (C=O) groups excluding carboxylic acids is 1. The van der Waals surface area contributed by atoms with Gasteiger partial charge < -0.3 is 9.92 Å². The average Bonchev–Trinajstić information content (AvgIpc) is 2.93. The van der Waals surface area contributed by atoms with Crippen LogP contribution in [-0.2, 0) is 14.9 Å². The van der Waals surface area contributed by atoms with Gasteiger partial charge >= 0.3 is 10.1 Å². The number of rotatable bonds is 5. The molecule has 0 spiro atoms. The number of non-ortho nitro benzene ring substituents is 1. The van der Waals surface area contributed by atoms with Crippen molar-refractivity contribution in [3.8, 4) is 5.75 Å². The Labute approximate surface area is 157 Å². The summed E-state index contributed by atoms with van der Waals surface area (Å²) in [6.45, 7) is 0. The summed E-state index contributed by atoms with van der Waals surface area (Å²) in [6.07, 6.45) is 1.41. The highest BCUT2D eigenvalue weighted by molar-refractivity contribution is 8.18. The van der Waals surface area contributed by atoms with Gasteiger partial charge in [-0.1, -0.05) is 24.3 Å². The Kier molecular flexibility index (Phi) is 4.97. The Morgan fingerprint density at radius 3 is 2.59 bits per heavy atom. The van der Waals surface area contributed by atoms with Gasteiger partial charge in [0.25, 0.3) is 11.6 Å². The van der Waals surface area contributed by atoms with Gasteiger partial charge in [-0.3, -0.25) is 14.9 Å². The highest BCUT2D eigenvalue weighted by Gasteiger charge is 2.23. The third-order valence-corrected chi connectivity index (χ3v) is 5.40. The maximum absolute atomic E-state index is 12.5. The Bertz CT molecular complexity index is 1110. The summed E-state index contributed by atoms with van der Waals surface area (Å²) in [5.41, 5.74) is 5.43. The Hall–Kier alpha value is -3.18. The number of amides is 1. The molecule has 138 valence electrons. The standard InChI is InChI=1S/C16H11N3O6S2/c17-16-18-15(20)14(26-16)8-10-4-1-2-7-13(10)25-27(23,24)12-6-3-5-11(9-12)19(21)22/h1-9H,(H2,17,18,20)/b14-8-. The lowest BCUT2D eigenvalue weighted by atomic mass is 10.2. The van der Waals surface area contributed by atoms with Gasteiger partial charge in [0.15, 0.2) is 5.17 Å². The van der Waals surface area contributed by atoms with Crippen molar-refractivity contribution in [3.63, 3.8) is 0 Å². The molecule has 1 aliphatic heterocycles. The highest BCUT2D eigenvalue weighted by atomic mass is 32.2. The molecule has 0 atom stereocenters. The molecule has 2 aromatic rings. The van der Waals surface area contributed by atoms with E-state index in [0.29, 0.717) is 5.56 Å². The summed E-state index contributed by atoms with van der Waals surface area (Å²) in [6, 6.07) is 10.6. The number of para-hydroxylation sites is 1. The van der Waals surface area contributed by atoms with Gasteiger partial charge in [0, 0.05) is 17.7 Å². The second-order valence-electron chi connectivity index (χ2n) is 5.20. The first-order chi connectivity index (χ1) is 12.8. The van der Waals surface area contributed by atoms with Crippen molar-refractivity contribution in [1.82, 2.24) is 0 Å². The van der Waals surface area contributed by atoms with Crippen molar-refractivity contribution in [1.29, 1.82) is 0 Å². The van der Waals surface area contributed by atoms with Crippen LogP contribution in [0.3, 0.4) is 0 Å². The number of amidine groups is 1. The van der Waals surface area contributed by atoms with Gasteiger partial charge in [-0.05, 0) is 30.0 Å². The summed E-state index contributed by atoms with van der Waals surface area (Å²) in [5.74, 6) is -0.579. The second kappa shape index (κ2) is 7.21. The molecular weight excluding hydrogens is 394 g/mol.